The van der Waals surface area contributed by atoms with E-state index in [2.05, 4.69) is 29.5 Å². The standard InChI is InChI=1S/C20H27IO7/c1-5-8-20(9-6-13(23)7-10-20)28-18-15(21)17-16(26-19(3,4)27-17)14(25-18)11-24-12(2)22/h6-7,9-10,14-18H,5,8,11H2,1-4H3/t14-,15-,16+,17-,18+/m1/s1. The third-order valence-corrected chi connectivity index (χ3v) is 6.20. The van der Waals surface area contributed by atoms with Crippen molar-refractivity contribution in [3.63, 3.8) is 0 Å². The molecule has 0 radical (unpaired) electrons. The van der Waals surface area contributed by atoms with Gasteiger partial charge in [-0.2, -0.15) is 0 Å². The van der Waals surface area contributed by atoms with Gasteiger partial charge in [0.25, 0.3) is 0 Å². The fourth-order valence-corrected chi connectivity index (χ4v) is 4.60. The average molecular weight is 506 g/mol. The second-order valence-electron chi connectivity index (χ2n) is 7.75. The van der Waals surface area contributed by atoms with E-state index in [1.807, 2.05) is 13.8 Å². The molecule has 0 bridgehead atoms. The summed E-state index contributed by atoms with van der Waals surface area (Å²) in [5.41, 5.74) is -0.718. The Morgan fingerprint density at radius 1 is 1.21 bits per heavy atom. The molecule has 2 heterocycles. The first-order valence-electron chi connectivity index (χ1n) is 9.53. The van der Waals surface area contributed by atoms with Gasteiger partial charge >= 0.3 is 5.97 Å². The molecule has 0 aromatic carbocycles. The fourth-order valence-electron chi connectivity index (χ4n) is 3.73. The van der Waals surface area contributed by atoms with Crippen molar-refractivity contribution >= 4 is 34.3 Å². The zero-order chi connectivity index (χ0) is 20.5. The Labute approximate surface area is 178 Å². The first-order chi connectivity index (χ1) is 13.1. The molecule has 0 saturated carbocycles. The summed E-state index contributed by atoms with van der Waals surface area (Å²) in [7, 11) is 0. The highest BCUT2D eigenvalue weighted by atomic mass is 127. The van der Waals surface area contributed by atoms with Gasteiger partial charge in [-0.05, 0) is 44.6 Å². The third kappa shape index (κ3) is 4.84. The first kappa shape index (κ1) is 21.9. The minimum Gasteiger partial charge on any atom is -0.463 e. The van der Waals surface area contributed by atoms with Gasteiger partial charge in [-0.25, -0.2) is 0 Å². The molecule has 0 aromatic heterocycles. The molecule has 0 amide bonds. The van der Waals surface area contributed by atoms with Crippen molar-refractivity contribution in [2.75, 3.05) is 6.61 Å². The van der Waals surface area contributed by atoms with Crippen LogP contribution in [0.5, 0.6) is 0 Å². The van der Waals surface area contributed by atoms with E-state index in [0.29, 0.717) is 6.42 Å². The summed E-state index contributed by atoms with van der Waals surface area (Å²) in [5.74, 6) is -1.21. The number of allylic oxidation sites excluding steroid dienone is 2. The molecule has 5 atom stereocenters. The fraction of sp³-hybridized carbons (Fsp3) is 0.700. The number of carbonyl (C=O) groups is 2. The number of hydrogen-bond donors (Lipinski definition) is 0. The maximum Gasteiger partial charge on any atom is 0.302 e. The van der Waals surface area contributed by atoms with Crippen molar-refractivity contribution < 1.29 is 33.3 Å². The van der Waals surface area contributed by atoms with E-state index < -0.39 is 23.8 Å². The van der Waals surface area contributed by atoms with Gasteiger partial charge in [0.2, 0.25) is 0 Å². The Morgan fingerprint density at radius 2 is 1.86 bits per heavy atom. The summed E-state index contributed by atoms with van der Waals surface area (Å²) in [6, 6.07) is 0. The van der Waals surface area contributed by atoms with Gasteiger partial charge in [0.05, 0.1) is 3.92 Å². The van der Waals surface area contributed by atoms with E-state index in [-0.39, 0.29) is 34.5 Å². The summed E-state index contributed by atoms with van der Waals surface area (Å²) in [5, 5.41) is 0. The van der Waals surface area contributed by atoms with Crippen LogP contribution in [-0.2, 0) is 33.3 Å². The Balaban J connectivity index is 1.81. The van der Waals surface area contributed by atoms with Gasteiger partial charge in [0, 0.05) is 6.92 Å². The summed E-state index contributed by atoms with van der Waals surface area (Å²) < 4.78 is 29.8. The number of esters is 1. The number of carbonyl (C=O) groups excluding carboxylic acids is 2. The summed E-state index contributed by atoms with van der Waals surface area (Å²) in [6.45, 7) is 7.18. The van der Waals surface area contributed by atoms with Gasteiger partial charge in [-0.1, -0.05) is 35.9 Å². The molecule has 1 aliphatic carbocycles. The Kier molecular flexibility index (Phi) is 6.65. The molecule has 28 heavy (non-hydrogen) atoms. The van der Waals surface area contributed by atoms with Gasteiger partial charge in [-0.3, -0.25) is 9.59 Å². The molecule has 3 aliphatic rings. The maximum atomic E-state index is 11.6. The monoisotopic (exact) mass is 506 g/mol. The minimum atomic E-state index is -0.760. The van der Waals surface area contributed by atoms with E-state index in [1.165, 1.54) is 19.1 Å². The van der Waals surface area contributed by atoms with E-state index in [4.69, 9.17) is 23.7 Å². The molecule has 2 saturated heterocycles. The Bertz CT molecular complexity index is 655. The summed E-state index contributed by atoms with van der Waals surface area (Å²) in [6.07, 6.45) is 6.44. The molecule has 3 rings (SSSR count). The lowest BCUT2D eigenvalue weighted by molar-refractivity contribution is -0.255. The van der Waals surface area contributed by atoms with Gasteiger partial charge in [0.1, 0.15) is 30.5 Å². The van der Waals surface area contributed by atoms with Crippen LogP contribution in [0.2, 0.25) is 0 Å². The van der Waals surface area contributed by atoms with Crippen LogP contribution >= 0.6 is 22.6 Å². The highest BCUT2D eigenvalue weighted by molar-refractivity contribution is 14.1. The SMILES string of the molecule is CCCC1(O[C@@H]2O[C@H](COC(C)=O)[C@@H]3OC(C)(C)O[C@@H]3[C@H]2I)C=CC(=O)C=C1. The lowest BCUT2D eigenvalue weighted by atomic mass is 9.92. The van der Waals surface area contributed by atoms with Crippen molar-refractivity contribution in [3.05, 3.63) is 24.3 Å². The number of fused-ring (bicyclic) bond motifs is 1. The van der Waals surface area contributed by atoms with Crippen molar-refractivity contribution in [1.82, 2.24) is 0 Å². The van der Waals surface area contributed by atoms with Gasteiger partial charge in [0.15, 0.2) is 17.9 Å². The van der Waals surface area contributed by atoms with Gasteiger partial charge < -0.3 is 23.7 Å². The van der Waals surface area contributed by atoms with Crippen LogP contribution in [0.1, 0.15) is 40.5 Å². The zero-order valence-corrected chi connectivity index (χ0v) is 18.7. The number of rotatable bonds is 6. The molecule has 7 nitrogen and oxygen atoms in total. The van der Waals surface area contributed by atoms with Crippen LogP contribution in [0.25, 0.3) is 0 Å². The van der Waals surface area contributed by atoms with E-state index in [9.17, 15) is 9.59 Å². The molecule has 2 fully saturated rings. The number of alkyl halides is 1. The smallest absolute Gasteiger partial charge is 0.302 e. The molecule has 0 N–H and O–H groups in total. The topological polar surface area (TPSA) is 80.3 Å². The van der Waals surface area contributed by atoms with Crippen molar-refractivity contribution in [3.8, 4) is 0 Å². The predicted octanol–water partition coefficient (Wildman–Crippen LogP) is 2.85. The third-order valence-electron chi connectivity index (χ3n) is 4.90. The number of hydrogen-bond acceptors (Lipinski definition) is 7. The molecule has 2 aliphatic heterocycles. The number of halogens is 1. The quantitative estimate of drug-likeness (QED) is 0.312. The van der Waals surface area contributed by atoms with Crippen LogP contribution in [0.15, 0.2) is 24.3 Å². The molecule has 0 unspecified atom stereocenters. The van der Waals surface area contributed by atoms with E-state index in [1.54, 1.807) is 12.2 Å². The molecule has 0 aromatic rings. The number of ketones is 1. The normalized spacial score (nSPS) is 35.6. The minimum absolute atomic E-state index is 0.0596. The molecule has 8 heteroatoms. The largest absolute Gasteiger partial charge is 0.463 e. The van der Waals surface area contributed by atoms with Crippen LogP contribution in [0.4, 0.5) is 0 Å². The molecule has 156 valence electrons. The highest BCUT2D eigenvalue weighted by Crippen LogP contribution is 2.42. The number of ether oxygens (including phenoxy) is 5. The van der Waals surface area contributed by atoms with E-state index in [0.717, 1.165) is 6.42 Å². The van der Waals surface area contributed by atoms with Crippen molar-refractivity contribution in [2.45, 2.75) is 80.5 Å². The lowest BCUT2D eigenvalue weighted by Crippen LogP contribution is -2.57. The Morgan fingerprint density at radius 3 is 2.46 bits per heavy atom. The lowest BCUT2D eigenvalue weighted by Gasteiger charge is -2.43. The predicted molar refractivity (Wildman–Crippen MR) is 109 cm³/mol. The summed E-state index contributed by atoms with van der Waals surface area (Å²) in [4.78, 5) is 22.9. The van der Waals surface area contributed by atoms with E-state index >= 15 is 0 Å². The Hall–Kier alpha value is -0.810. The molecular formula is C20H27IO7. The molecular weight excluding hydrogens is 479 g/mol. The first-order valence-corrected chi connectivity index (χ1v) is 10.8. The highest BCUT2D eigenvalue weighted by Gasteiger charge is 2.56. The van der Waals surface area contributed by atoms with Crippen molar-refractivity contribution in [2.24, 2.45) is 0 Å². The van der Waals surface area contributed by atoms with Gasteiger partial charge in [-0.15, -0.1) is 0 Å². The molecule has 0 spiro atoms. The second-order valence-corrected chi connectivity index (χ2v) is 9.18. The van der Waals surface area contributed by atoms with Crippen LogP contribution in [-0.4, -0.2) is 58.3 Å². The van der Waals surface area contributed by atoms with Crippen LogP contribution in [0.3, 0.4) is 0 Å². The van der Waals surface area contributed by atoms with Crippen molar-refractivity contribution in [1.29, 1.82) is 0 Å². The van der Waals surface area contributed by atoms with Crippen LogP contribution in [0, 0.1) is 0 Å². The summed E-state index contributed by atoms with van der Waals surface area (Å²) >= 11 is 2.26. The zero-order valence-electron chi connectivity index (χ0n) is 16.6. The van der Waals surface area contributed by atoms with Crippen LogP contribution < -0.4 is 0 Å². The maximum absolute atomic E-state index is 11.6. The average Bonchev–Trinajstić information content (AvgIpc) is 2.95. The second kappa shape index (κ2) is 8.51.